The molecule has 0 N–H and O–H groups in total. The molecular formula is C26H37NS. The van der Waals surface area contributed by atoms with Crippen molar-refractivity contribution in [1.82, 2.24) is 4.90 Å². The van der Waals surface area contributed by atoms with E-state index in [0.29, 0.717) is 5.25 Å². The second-order valence-corrected chi connectivity index (χ2v) is 10.1. The summed E-state index contributed by atoms with van der Waals surface area (Å²) in [7, 11) is 0. The van der Waals surface area contributed by atoms with Gasteiger partial charge in [0.2, 0.25) is 0 Å². The van der Waals surface area contributed by atoms with Crippen LogP contribution >= 0.6 is 12.6 Å². The maximum Gasteiger partial charge on any atom is 0.0267 e. The van der Waals surface area contributed by atoms with Crippen LogP contribution in [0.1, 0.15) is 68.4 Å². The Bertz CT molecular complexity index is 693. The van der Waals surface area contributed by atoms with Gasteiger partial charge in [-0.1, -0.05) is 75.4 Å². The average molecular weight is 396 g/mol. The molecule has 1 aliphatic rings. The zero-order valence-corrected chi connectivity index (χ0v) is 18.8. The zero-order valence-electron chi connectivity index (χ0n) is 17.9. The van der Waals surface area contributed by atoms with Gasteiger partial charge in [0.05, 0.1) is 0 Å². The minimum absolute atomic E-state index is 0.220. The SMILES string of the molecule is CC(C)(C)c1ccc([C@H](S)CCCN2CCC(Cc3ccccc3)CC2)cc1. The van der Waals surface area contributed by atoms with E-state index in [1.807, 2.05) is 0 Å². The lowest BCUT2D eigenvalue weighted by molar-refractivity contribution is 0.181. The highest BCUT2D eigenvalue weighted by atomic mass is 32.1. The largest absolute Gasteiger partial charge is 0.303 e. The summed E-state index contributed by atoms with van der Waals surface area (Å²) in [6.07, 6.45) is 6.32. The van der Waals surface area contributed by atoms with Crippen molar-refractivity contribution in [2.24, 2.45) is 5.92 Å². The van der Waals surface area contributed by atoms with Crippen molar-refractivity contribution >= 4 is 12.6 Å². The van der Waals surface area contributed by atoms with Crippen molar-refractivity contribution < 1.29 is 0 Å². The van der Waals surface area contributed by atoms with E-state index >= 15 is 0 Å². The van der Waals surface area contributed by atoms with Crippen LogP contribution in [-0.4, -0.2) is 24.5 Å². The van der Waals surface area contributed by atoms with Crippen molar-refractivity contribution in [2.75, 3.05) is 19.6 Å². The van der Waals surface area contributed by atoms with Crippen LogP contribution in [0.15, 0.2) is 54.6 Å². The Balaban J connectivity index is 1.36. The fourth-order valence-electron chi connectivity index (χ4n) is 4.24. The molecule has 0 aliphatic carbocycles. The average Bonchev–Trinajstić information content (AvgIpc) is 2.69. The maximum absolute atomic E-state index is 4.88. The van der Waals surface area contributed by atoms with Crippen LogP contribution in [0.2, 0.25) is 0 Å². The van der Waals surface area contributed by atoms with Gasteiger partial charge in [0, 0.05) is 5.25 Å². The highest BCUT2D eigenvalue weighted by molar-refractivity contribution is 7.80. The van der Waals surface area contributed by atoms with Gasteiger partial charge >= 0.3 is 0 Å². The Morgan fingerprint density at radius 3 is 2.21 bits per heavy atom. The van der Waals surface area contributed by atoms with Crippen molar-refractivity contribution in [1.29, 1.82) is 0 Å². The Labute approximate surface area is 178 Å². The number of hydrogen-bond acceptors (Lipinski definition) is 2. The summed E-state index contributed by atoms with van der Waals surface area (Å²) in [5.74, 6) is 0.859. The molecule has 0 aromatic heterocycles. The molecule has 1 nitrogen and oxygen atoms in total. The van der Waals surface area contributed by atoms with Gasteiger partial charge in [0.15, 0.2) is 0 Å². The van der Waals surface area contributed by atoms with Crippen molar-refractivity contribution in [2.45, 2.75) is 63.5 Å². The predicted octanol–water partition coefficient (Wildman–Crippen LogP) is 6.69. The van der Waals surface area contributed by atoms with Gasteiger partial charge in [0.1, 0.15) is 0 Å². The van der Waals surface area contributed by atoms with Crippen LogP contribution in [0, 0.1) is 5.92 Å². The summed E-state index contributed by atoms with van der Waals surface area (Å²) in [6, 6.07) is 20.1. The van der Waals surface area contributed by atoms with Crippen LogP contribution in [-0.2, 0) is 11.8 Å². The molecule has 0 unspecified atom stereocenters. The van der Waals surface area contributed by atoms with E-state index in [0.717, 1.165) is 12.3 Å². The van der Waals surface area contributed by atoms with Gasteiger partial charge in [-0.25, -0.2) is 0 Å². The molecule has 1 saturated heterocycles. The monoisotopic (exact) mass is 395 g/mol. The van der Waals surface area contributed by atoms with E-state index in [2.05, 4.69) is 80.3 Å². The molecule has 2 aromatic carbocycles. The number of piperidine rings is 1. The van der Waals surface area contributed by atoms with Crippen LogP contribution < -0.4 is 0 Å². The molecule has 152 valence electrons. The highest BCUT2D eigenvalue weighted by Gasteiger charge is 2.19. The molecule has 0 spiro atoms. The summed E-state index contributed by atoms with van der Waals surface area (Å²) in [5, 5.41) is 0.352. The zero-order chi connectivity index (χ0) is 20.0. The first-order valence-electron chi connectivity index (χ1n) is 11.0. The first kappa shape index (κ1) is 21.5. The van der Waals surface area contributed by atoms with Gasteiger partial charge in [-0.3, -0.25) is 0 Å². The molecule has 2 aromatic rings. The summed E-state index contributed by atoms with van der Waals surface area (Å²) >= 11 is 4.88. The molecule has 3 rings (SSSR count). The third-order valence-corrected chi connectivity index (χ3v) is 6.74. The third kappa shape index (κ3) is 6.39. The Hall–Kier alpha value is -1.25. The lowest BCUT2D eigenvalue weighted by Gasteiger charge is -2.32. The fraction of sp³-hybridized carbons (Fsp3) is 0.538. The summed E-state index contributed by atoms with van der Waals surface area (Å²) < 4.78 is 0. The molecular weight excluding hydrogens is 358 g/mol. The Kier molecular flexibility index (Phi) is 7.65. The molecule has 1 aliphatic heterocycles. The minimum Gasteiger partial charge on any atom is -0.303 e. The smallest absolute Gasteiger partial charge is 0.0267 e. The van der Waals surface area contributed by atoms with E-state index in [9.17, 15) is 0 Å². The van der Waals surface area contributed by atoms with E-state index < -0.39 is 0 Å². The number of nitrogens with zero attached hydrogens (tertiary/aromatic N) is 1. The number of likely N-dealkylation sites (tertiary alicyclic amines) is 1. The molecule has 28 heavy (non-hydrogen) atoms. The fourth-order valence-corrected chi connectivity index (χ4v) is 4.60. The van der Waals surface area contributed by atoms with E-state index in [1.165, 1.54) is 62.0 Å². The Morgan fingerprint density at radius 2 is 1.61 bits per heavy atom. The number of rotatable bonds is 7. The molecule has 0 saturated carbocycles. The summed E-state index contributed by atoms with van der Waals surface area (Å²) in [4.78, 5) is 2.66. The van der Waals surface area contributed by atoms with Crippen LogP contribution in [0.25, 0.3) is 0 Å². The molecule has 1 atom stereocenters. The van der Waals surface area contributed by atoms with Gasteiger partial charge in [-0.15, -0.1) is 0 Å². The topological polar surface area (TPSA) is 3.24 Å². The van der Waals surface area contributed by atoms with E-state index in [1.54, 1.807) is 0 Å². The van der Waals surface area contributed by atoms with E-state index in [-0.39, 0.29) is 5.41 Å². The van der Waals surface area contributed by atoms with Crippen molar-refractivity contribution in [3.05, 3.63) is 71.3 Å². The maximum atomic E-state index is 4.88. The lowest BCUT2D eigenvalue weighted by atomic mass is 9.86. The van der Waals surface area contributed by atoms with Gasteiger partial charge in [-0.05, 0) is 79.8 Å². The minimum atomic E-state index is 0.220. The lowest BCUT2D eigenvalue weighted by Crippen LogP contribution is -2.35. The van der Waals surface area contributed by atoms with Crippen LogP contribution in [0.4, 0.5) is 0 Å². The summed E-state index contributed by atoms with van der Waals surface area (Å²) in [5.41, 5.74) is 4.47. The van der Waals surface area contributed by atoms with Crippen LogP contribution in [0.5, 0.6) is 0 Å². The second kappa shape index (κ2) is 9.98. The number of benzene rings is 2. The molecule has 1 heterocycles. The number of hydrogen-bond donors (Lipinski definition) is 1. The molecule has 0 amide bonds. The third-order valence-electron chi connectivity index (χ3n) is 6.19. The summed E-state index contributed by atoms with van der Waals surface area (Å²) in [6.45, 7) is 10.5. The van der Waals surface area contributed by atoms with Crippen molar-refractivity contribution in [3.8, 4) is 0 Å². The molecule has 1 fully saturated rings. The first-order chi connectivity index (χ1) is 13.4. The number of thiol groups is 1. The highest BCUT2D eigenvalue weighted by Crippen LogP contribution is 2.29. The normalized spacial score (nSPS) is 17.6. The molecule has 2 heteroatoms. The van der Waals surface area contributed by atoms with Gasteiger partial charge in [0.25, 0.3) is 0 Å². The predicted molar refractivity (Wildman–Crippen MR) is 125 cm³/mol. The van der Waals surface area contributed by atoms with Gasteiger partial charge < -0.3 is 4.90 Å². The second-order valence-electron chi connectivity index (χ2n) is 9.50. The standard InChI is InChI=1S/C26H37NS/c1-26(2,3)24-13-11-23(12-14-24)25(28)10-7-17-27-18-15-22(16-19-27)20-21-8-5-4-6-9-21/h4-6,8-9,11-14,22,25,28H,7,10,15-20H2,1-3H3/t25-/m1/s1. The molecule has 0 radical (unpaired) electrons. The molecule has 0 bridgehead atoms. The Morgan fingerprint density at radius 1 is 0.964 bits per heavy atom. The van der Waals surface area contributed by atoms with Gasteiger partial charge in [-0.2, -0.15) is 12.6 Å². The van der Waals surface area contributed by atoms with Crippen molar-refractivity contribution in [3.63, 3.8) is 0 Å². The quantitative estimate of drug-likeness (QED) is 0.511. The van der Waals surface area contributed by atoms with Crippen LogP contribution in [0.3, 0.4) is 0 Å². The first-order valence-corrected chi connectivity index (χ1v) is 11.5. The van der Waals surface area contributed by atoms with E-state index in [4.69, 9.17) is 12.6 Å².